The van der Waals surface area contributed by atoms with Gasteiger partial charge in [0.25, 0.3) is 0 Å². The van der Waals surface area contributed by atoms with Crippen LogP contribution in [0.1, 0.15) is 113 Å². The Morgan fingerprint density at radius 3 is 2.11 bits per heavy atom. The number of ether oxygens (including phenoxy) is 2. The summed E-state index contributed by atoms with van der Waals surface area (Å²) in [7, 11) is 0. The molecule has 0 aromatic rings. The molecule has 0 radical (unpaired) electrons. The normalized spacial score (nSPS) is 42.6. The van der Waals surface area contributed by atoms with Crippen LogP contribution in [0.15, 0.2) is 0 Å². The first-order chi connectivity index (χ1) is 16.9. The lowest BCUT2D eigenvalue weighted by Crippen LogP contribution is -2.59. The van der Waals surface area contributed by atoms with Gasteiger partial charge in [0.2, 0.25) is 0 Å². The van der Waals surface area contributed by atoms with Gasteiger partial charge in [0.1, 0.15) is 18.0 Å². The molecule has 5 nitrogen and oxygen atoms in total. The lowest BCUT2D eigenvalue weighted by atomic mass is 9.43. The molecule has 0 saturated heterocycles. The molecule has 4 fully saturated rings. The average molecular weight is 503 g/mol. The van der Waals surface area contributed by atoms with Gasteiger partial charge in [-0.1, -0.05) is 34.6 Å². The van der Waals surface area contributed by atoms with Crippen molar-refractivity contribution in [3.05, 3.63) is 0 Å². The third-order valence-electron chi connectivity index (χ3n) is 11.5. The number of Topliss-reactive ketones (excluding diaryl/α,β-unsaturated/α-hetero) is 1. The number of fused-ring (bicyclic) bond motifs is 5. The maximum absolute atomic E-state index is 12.3. The van der Waals surface area contributed by atoms with Crippen molar-refractivity contribution >= 4 is 17.7 Å². The largest absolute Gasteiger partial charge is 0.463 e. The Morgan fingerprint density at radius 1 is 0.833 bits per heavy atom. The number of carbonyl (C=O) groups excluding carboxylic acids is 3. The van der Waals surface area contributed by atoms with Gasteiger partial charge in [0, 0.05) is 32.1 Å². The van der Waals surface area contributed by atoms with Crippen molar-refractivity contribution in [3.63, 3.8) is 0 Å². The topological polar surface area (TPSA) is 69.7 Å². The van der Waals surface area contributed by atoms with Crippen LogP contribution in [0.25, 0.3) is 0 Å². The molecule has 0 aliphatic heterocycles. The van der Waals surface area contributed by atoms with Crippen molar-refractivity contribution < 1.29 is 23.9 Å². The minimum absolute atomic E-state index is 0.00535. The molecule has 204 valence electrons. The number of esters is 2. The molecule has 0 amide bonds. The lowest BCUT2D eigenvalue weighted by molar-refractivity contribution is -0.197. The van der Waals surface area contributed by atoms with Crippen LogP contribution in [-0.2, 0) is 23.9 Å². The summed E-state index contributed by atoms with van der Waals surface area (Å²) in [5.74, 6) is 3.26. The molecule has 4 aliphatic carbocycles. The molecule has 0 heterocycles. The van der Waals surface area contributed by atoms with Crippen LogP contribution >= 0.6 is 0 Å². The van der Waals surface area contributed by atoms with Gasteiger partial charge in [0.05, 0.1) is 0 Å². The van der Waals surface area contributed by atoms with Crippen LogP contribution in [0.2, 0.25) is 0 Å². The highest BCUT2D eigenvalue weighted by Gasteiger charge is 2.63. The molecule has 5 heteroatoms. The molecule has 0 aromatic carbocycles. The Hall–Kier alpha value is -1.39. The van der Waals surface area contributed by atoms with E-state index in [1.807, 2.05) is 13.8 Å². The Labute approximate surface area is 218 Å². The van der Waals surface area contributed by atoms with Crippen LogP contribution in [0.5, 0.6) is 0 Å². The molecule has 4 aliphatic rings. The van der Waals surface area contributed by atoms with Crippen molar-refractivity contribution in [2.75, 3.05) is 0 Å². The van der Waals surface area contributed by atoms with Gasteiger partial charge >= 0.3 is 11.9 Å². The van der Waals surface area contributed by atoms with Crippen molar-refractivity contribution in [2.24, 2.45) is 52.3 Å². The number of carbonyl (C=O) groups is 3. The summed E-state index contributed by atoms with van der Waals surface area (Å²) in [5.41, 5.74) is 0.463. The van der Waals surface area contributed by atoms with E-state index >= 15 is 0 Å². The predicted octanol–water partition coefficient (Wildman–Crippen LogP) is 6.76. The summed E-state index contributed by atoms with van der Waals surface area (Å²) in [6.45, 7) is 14.4. The van der Waals surface area contributed by atoms with Gasteiger partial charge in [0.15, 0.2) is 0 Å². The Kier molecular flexibility index (Phi) is 7.99. The molecular formula is C31H50O5. The van der Waals surface area contributed by atoms with Crippen LogP contribution in [-0.4, -0.2) is 29.9 Å². The summed E-state index contributed by atoms with van der Waals surface area (Å²) in [4.78, 5) is 36.2. The fourth-order valence-electron chi connectivity index (χ4n) is 9.67. The summed E-state index contributed by atoms with van der Waals surface area (Å²) in [6, 6.07) is 0. The Morgan fingerprint density at radius 2 is 1.47 bits per heavy atom. The smallest absolute Gasteiger partial charge is 0.302 e. The third kappa shape index (κ3) is 5.01. The van der Waals surface area contributed by atoms with E-state index in [1.165, 1.54) is 32.6 Å². The first-order valence-corrected chi connectivity index (χ1v) is 14.7. The van der Waals surface area contributed by atoms with E-state index in [0.717, 1.165) is 32.1 Å². The van der Waals surface area contributed by atoms with Crippen molar-refractivity contribution in [1.29, 1.82) is 0 Å². The van der Waals surface area contributed by atoms with E-state index in [-0.39, 0.29) is 40.9 Å². The van der Waals surface area contributed by atoms with E-state index in [4.69, 9.17) is 9.47 Å². The van der Waals surface area contributed by atoms with Gasteiger partial charge in [-0.3, -0.25) is 14.4 Å². The van der Waals surface area contributed by atoms with E-state index in [0.29, 0.717) is 47.7 Å². The molecule has 4 saturated carbocycles. The summed E-state index contributed by atoms with van der Waals surface area (Å²) in [5, 5.41) is 0. The third-order valence-corrected chi connectivity index (χ3v) is 11.5. The highest BCUT2D eigenvalue weighted by molar-refractivity contribution is 5.80. The fraction of sp³-hybridized carbons (Fsp3) is 0.903. The van der Waals surface area contributed by atoms with Crippen LogP contribution in [0.3, 0.4) is 0 Å². The van der Waals surface area contributed by atoms with Crippen LogP contribution < -0.4 is 0 Å². The molecule has 0 spiro atoms. The number of hydrogen-bond acceptors (Lipinski definition) is 5. The second-order valence-electron chi connectivity index (χ2n) is 13.7. The lowest BCUT2D eigenvalue weighted by Gasteiger charge is -2.62. The van der Waals surface area contributed by atoms with E-state index in [1.54, 1.807) is 6.92 Å². The Balaban J connectivity index is 1.56. The quantitative estimate of drug-likeness (QED) is 0.360. The van der Waals surface area contributed by atoms with Crippen LogP contribution in [0.4, 0.5) is 0 Å². The molecule has 0 bridgehead atoms. The van der Waals surface area contributed by atoms with Crippen molar-refractivity contribution in [2.45, 2.75) is 125 Å². The van der Waals surface area contributed by atoms with Gasteiger partial charge in [-0.25, -0.2) is 0 Å². The van der Waals surface area contributed by atoms with Gasteiger partial charge < -0.3 is 9.47 Å². The minimum atomic E-state index is -0.191. The molecule has 0 N–H and O–H groups in total. The molecule has 36 heavy (non-hydrogen) atoms. The molecule has 4 rings (SSSR count). The monoisotopic (exact) mass is 502 g/mol. The van der Waals surface area contributed by atoms with E-state index in [2.05, 4.69) is 20.8 Å². The second kappa shape index (κ2) is 10.4. The molecule has 10 atom stereocenters. The van der Waals surface area contributed by atoms with Crippen LogP contribution in [0, 0.1) is 52.3 Å². The zero-order valence-corrected chi connectivity index (χ0v) is 23.8. The first kappa shape index (κ1) is 27.6. The Bertz CT molecular complexity index is 850. The standard InChI is InChI=1S/C31H50O5/c1-18(2)27(34)11-8-19(3)24-9-10-25-29-26(13-15-31(24,25)7)30(6)14-12-23(35-20(4)32)16-22(30)17-28(29)36-21(5)33/h18-19,22-26,28-29H,8-17H2,1-7H3/t19-,22+,23?,24-,25+,26+,28?,29+,30+,31-/m1/s1. The molecule has 0 aromatic heterocycles. The average Bonchev–Trinajstić information content (AvgIpc) is 3.14. The summed E-state index contributed by atoms with van der Waals surface area (Å²) < 4.78 is 11.8. The maximum Gasteiger partial charge on any atom is 0.302 e. The van der Waals surface area contributed by atoms with Gasteiger partial charge in [-0.05, 0) is 98.2 Å². The van der Waals surface area contributed by atoms with Gasteiger partial charge in [-0.15, -0.1) is 0 Å². The minimum Gasteiger partial charge on any atom is -0.463 e. The molecular weight excluding hydrogens is 452 g/mol. The van der Waals surface area contributed by atoms with Crippen molar-refractivity contribution in [1.82, 2.24) is 0 Å². The fourth-order valence-corrected chi connectivity index (χ4v) is 9.67. The van der Waals surface area contributed by atoms with E-state index in [9.17, 15) is 14.4 Å². The number of ketones is 1. The summed E-state index contributed by atoms with van der Waals surface area (Å²) in [6.07, 6.45) is 10.3. The number of hydrogen-bond donors (Lipinski definition) is 0. The summed E-state index contributed by atoms with van der Waals surface area (Å²) >= 11 is 0. The SMILES string of the molecule is CC(=O)OC1CC[C@@]2(C)[C@@H](C1)CC(OC(C)=O)[C@@H]1[C@@H]2CC[C@]2(C)[C@@H]([C@H](C)CCC(=O)C(C)C)CC[C@@H]12. The second-order valence-corrected chi connectivity index (χ2v) is 13.7. The highest BCUT2D eigenvalue weighted by atomic mass is 16.5. The first-order valence-electron chi connectivity index (χ1n) is 14.7. The zero-order chi connectivity index (χ0) is 26.4. The van der Waals surface area contributed by atoms with Crippen molar-refractivity contribution in [3.8, 4) is 0 Å². The predicted molar refractivity (Wildman–Crippen MR) is 140 cm³/mol. The number of rotatable bonds is 7. The zero-order valence-electron chi connectivity index (χ0n) is 23.8. The molecule has 2 unspecified atom stereocenters. The van der Waals surface area contributed by atoms with Gasteiger partial charge in [-0.2, -0.15) is 0 Å². The highest BCUT2D eigenvalue weighted by Crippen LogP contribution is 2.68. The van der Waals surface area contributed by atoms with E-state index < -0.39 is 0 Å². The maximum atomic E-state index is 12.3.